The lowest BCUT2D eigenvalue weighted by Gasteiger charge is -2.12. The summed E-state index contributed by atoms with van der Waals surface area (Å²) in [5.74, 6) is 1.69. The summed E-state index contributed by atoms with van der Waals surface area (Å²) in [5, 5.41) is 19.7. The summed E-state index contributed by atoms with van der Waals surface area (Å²) in [6.45, 7) is 6.22. The van der Waals surface area contributed by atoms with Crippen molar-refractivity contribution in [1.82, 2.24) is 15.6 Å². The van der Waals surface area contributed by atoms with E-state index in [0.29, 0.717) is 25.3 Å². The van der Waals surface area contributed by atoms with Gasteiger partial charge in [0.25, 0.3) is 0 Å². The van der Waals surface area contributed by atoms with E-state index in [0.717, 1.165) is 35.2 Å². The number of aliphatic imine (C=N–C) groups is 1. The van der Waals surface area contributed by atoms with Crippen LogP contribution in [0.5, 0.6) is 11.5 Å². The lowest BCUT2D eigenvalue weighted by Crippen LogP contribution is -2.38. The van der Waals surface area contributed by atoms with Gasteiger partial charge < -0.3 is 20.5 Å². The normalized spacial score (nSPS) is 11.4. The molecular formula is C18H26N4O2S. The van der Waals surface area contributed by atoms with Gasteiger partial charge in [-0.3, -0.25) is 4.99 Å². The fraction of sp³-hybridized carbons (Fsp3) is 0.444. The van der Waals surface area contributed by atoms with Gasteiger partial charge in [-0.25, -0.2) is 4.98 Å². The van der Waals surface area contributed by atoms with Gasteiger partial charge in [-0.15, -0.1) is 11.3 Å². The number of hydrogen-bond donors (Lipinski definition) is 3. The molecule has 2 rings (SSSR count). The fourth-order valence-electron chi connectivity index (χ4n) is 2.34. The number of hydrogen-bond acceptors (Lipinski definition) is 5. The van der Waals surface area contributed by atoms with E-state index in [1.807, 2.05) is 26.0 Å². The second-order valence-electron chi connectivity index (χ2n) is 5.54. The van der Waals surface area contributed by atoms with Crippen LogP contribution in [-0.2, 0) is 12.8 Å². The number of rotatable bonds is 8. The van der Waals surface area contributed by atoms with E-state index in [4.69, 9.17) is 4.74 Å². The molecule has 0 aliphatic carbocycles. The zero-order chi connectivity index (χ0) is 18.1. The number of thiazole rings is 1. The molecule has 2 aromatic rings. The van der Waals surface area contributed by atoms with Gasteiger partial charge in [-0.05, 0) is 31.9 Å². The first-order chi connectivity index (χ1) is 12.1. The number of guanidine groups is 1. The van der Waals surface area contributed by atoms with Crippen molar-refractivity contribution in [2.45, 2.75) is 26.7 Å². The van der Waals surface area contributed by atoms with Crippen molar-refractivity contribution in [2.24, 2.45) is 4.99 Å². The maximum Gasteiger partial charge on any atom is 0.191 e. The monoisotopic (exact) mass is 362 g/mol. The Kier molecular flexibility index (Phi) is 7.53. The summed E-state index contributed by atoms with van der Waals surface area (Å²) >= 11 is 1.67. The van der Waals surface area contributed by atoms with E-state index in [2.05, 4.69) is 26.0 Å². The van der Waals surface area contributed by atoms with Crippen LogP contribution in [-0.4, -0.2) is 42.8 Å². The smallest absolute Gasteiger partial charge is 0.191 e. The van der Waals surface area contributed by atoms with Gasteiger partial charge in [-0.1, -0.05) is 6.07 Å². The third-order valence-electron chi connectivity index (χ3n) is 3.63. The molecule has 7 heteroatoms. The molecule has 0 aliphatic rings. The molecule has 1 aromatic heterocycles. The third-order valence-corrected chi connectivity index (χ3v) is 4.45. The Balaban J connectivity index is 1.83. The van der Waals surface area contributed by atoms with Crippen molar-refractivity contribution < 1.29 is 9.84 Å². The highest BCUT2D eigenvalue weighted by molar-refractivity contribution is 7.09. The number of ether oxygens (including phenoxy) is 1. The standard InChI is InChI=1S/C18H26N4O2S/c1-4-19-18(21-10-8-15-12-25-13(2)22-15)20-9-7-14-5-6-16(24-3)11-17(14)23/h5-6,11-12,23H,4,7-10H2,1-3H3,(H2,19,20,21). The molecule has 0 amide bonds. The van der Waals surface area contributed by atoms with Crippen LogP contribution < -0.4 is 15.4 Å². The molecule has 25 heavy (non-hydrogen) atoms. The van der Waals surface area contributed by atoms with E-state index in [9.17, 15) is 5.11 Å². The highest BCUT2D eigenvalue weighted by atomic mass is 32.1. The van der Waals surface area contributed by atoms with Gasteiger partial charge >= 0.3 is 0 Å². The molecule has 0 radical (unpaired) electrons. The molecular weight excluding hydrogens is 336 g/mol. The molecule has 0 saturated carbocycles. The van der Waals surface area contributed by atoms with Crippen LogP contribution >= 0.6 is 11.3 Å². The number of aryl methyl sites for hydroxylation is 1. The second-order valence-corrected chi connectivity index (χ2v) is 6.60. The van der Waals surface area contributed by atoms with E-state index >= 15 is 0 Å². The first-order valence-corrected chi connectivity index (χ1v) is 9.29. The van der Waals surface area contributed by atoms with Crippen molar-refractivity contribution in [1.29, 1.82) is 0 Å². The molecule has 3 N–H and O–H groups in total. The minimum Gasteiger partial charge on any atom is -0.508 e. The van der Waals surface area contributed by atoms with Crippen LogP contribution in [0.4, 0.5) is 0 Å². The zero-order valence-electron chi connectivity index (χ0n) is 15.0. The van der Waals surface area contributed by atoms with E-state index in [-0.39, 0.29) is 5.75 Å². The average Bonchev–Trinajstić information content (AvgIpc) is 3.01. The van der Waals surface area contributed by atoms with Crippen LogP contribution in [0.2, 0.25) is 0 Å². The van der Waals surface area contributed by atoms with Gasteiger partial charge in [-0.2, -0.15) is 0 Å². The van der Waals surface area contributed by atoms with Crippen molar-refractivity contribution in [2.75, 3.05) is 26.7 Å². The van der Waals surface area contributed by atoms with Crippen LogP contribution in [0.15, 0.2) is 28.6 Å². The molecule has 0 bridgehead atoms. The number of phenolic OH excluding ortho intramolecular Hbond substituents is 1. The zero-order valence-corrected chi connectivity index (χ0v) is 15.8. The summed E-state index contributed by atoms with van der Waals surface area (Å²) in [6, 6.07) is 5.36. The second kappa shape index (κ2) is 9.88. The molecule has 0 spiro atoms. The first-order valence-electron chi connectivity index (χ1n) is 8.41. The largest absolute Gasteiger partial charge is 0.508 e. The summed E-state index contributed by atoms with van der Waals surface area (Å²) in [7, 11) is 1.59. The minimum atomic E-state index is 0.252. The molecule has 0 atom stereocenters. The van der Waals surface area contributed by atoms with E-state index < -0.39 is 0 Å². The number of methoxy groups -OCH3 is 1. The van der Waals surface area contributed by atoms with Crippen molar-refractivity contribution in [3.8, 4) is 11.5 Å². The number of aromatic hydroxyl groups is 1. The molecule has 0 saturated heterocycles. The molecule has 1 aromatic carbocycles. The average molecular weight is 362 g/mol. The lowest BCUT2D eigenvalue weighted by atomic mass is 10.1. The number of benzene rings is 1. The van der Waals surface area contributed by atoms with Gasteiger partial charge in [0.2, 0.25) is 0 Å². The van der Waals surface area contributed by atoms with Crippen LogP contribution in [0.25, 0.3) is 0 Å². The van der Waals surface area contributed by atoms with Gasteiger partial charge in [0.05, 0.1) is 17.8 Å². The Morgan fingerprint density at radius 3 is 2.80 bits per heavy atom. The summed E-state index contributed by atoms with van der Waals surface area (Å²) in [5.41, 5.74) is 1.97. The Morgan fingerprint density at radius 1 is 1.32 bits per heavy atom. The van der Waals surface area contributed by atoms with Gasteiger partial charge in [0.15, 0.2) is 5.96 Å². The highest BCUT2D eigenvalue weighted by Crippen LogP contribution is 2.23. The number of nitrogens with zero attached hydrogens (tertiary/aromatic N) is 2. The maximum absolute atomic E-state index is 10.0. The maximum atomic E-state index is 10.0. The number of nitrogens with one attached hydrogen (secondary N) is 2. The Bertz CT molecular complexity index is 700. The topological polar surface area (TPSA) is 78.8 Å². The molecule has 0 unspecified atom stereocenters. The van der Waals surface area contributed by atoms with Crippen LogP contribution in [0.3, 0.4) is 0 Å². The number of phenols is 1. The summed E-state index contributed by atoms with van der Waals surface area (Å²) in [4.78, 5) is 9.03. The van der Waals surface area contributed by atoms with E-state index in [1.54, 1.807) is 24.5 Å². The fourth-order valence-corrected chi connectivity index (χ4v) is 2.99. The quantitative estimate of drug-likeness (QED) is 0.497. The SMILES string of the molecule is CCNC(=NCCc1csc(C)n1)NCCc1ccc(OC)cc1O. The summed E-state index contributed by atoms with van der Waals surface area (Å²) in [6.07, 6.45) is 1.53. The van der Waals surface area contributed by atoms with Gasteiger partial charge in [0.1, 0.15) is 11.5 Å². The lowest BCUT2D eigenvalue weighted by molar-refractivity contribution is 0.406. The molecule has 136 valence electrons. The van der Waals surface area contributed by atoms with Crippen LogP contribution in [0.1, 0.15) is 23.2 Å². The third kappa shape index (κ3) is 6.26. The van der Waals surface area contributed by atoms with Gasteiger partial charge in [0, 0.05) is 37.5 Å². The Hall–Kier alpha value is -2.28. The van der Waals surface area contributed by atoms with Crippen LogP contribution in [0, 0.1) is 6.92 Å². The highest BCUT2D eigenvalue weighted by Gasteiger charge is 2.04. The Labute approximate surface area is 153 Å². The van der Waals surface area contributed by atoms with E-state index in [1.165, 1.54) is 0 Å². The Morgan fingerprint density at radius 2 is 2.16 bits per heavy atom. The molecule has 1 heterocycles. The summed E-state index contributed by atoms with van der Waals surface area (Å²) < 4.78 is 5.10. The first kappa shape index (κ1) is 19.1. The molecule has 6 nitrogen and oxygen atoms in total. The van der Waals surface area contributed by atoms with Crippen molar-refractivity contribution >= 4 is 17.3 Å². The molecule has 0 aliphatic heterocycles. The minimum absolute atomic E-state index is 0.252. The predicted octanol–water partition coefficient (Wildman–Crippen LogP) is 2.51. The predicted molar refractivity (Wildman–Crippen MR) is 103 cm³/mol. The number of aromatic nitrogens is 1. The van der Waals surface area contributed by atoms with Crippen molar-refractivity contribution in [3.63, 3.8) is 0 Å². The van der Waals surface area contributed by atoms with Crippen molar-refractivity contribution in [3.05, 3.63) is 39.8 Å². The molecule has 0 fully saturated rings.